The predicted molar refractivity (Wildman–Crippen MR) is 116 cm³/mol. The summed E-state index contributed by atoms with van der Waals surface area (Å²) < 4.78 is 13.8. The molecule has 29 heavy (non-hydrogen) atoms. The fourth-order valence-electron chi connectivity index (χ4n) is 3.78. The Bertz CT molecular complexity index is 812. The van der Waals surface area contributed by atoms with Crippen molar-refractivity contribution in [3.05, 3.63) is 54.1 Å². The van der Waals surface area contributed by atoms with E-state index in [-0.39, 0.29) is 11.8 Å². The molecule has 3 rings (SSSR count). The summed E-state index contributed by atoms with van der Waals surface area (Å²) in [6.07, 6.45) is 7.24. The molecule has 2 atom stereocenters. The minimum atomic E-state index is -0.396. The Morgan fingerprint density at radius 3 is 2.83 bits per heavy atom. The van der Waals surface area contributed by atoms with Gasteiger partial charge in [-0.25, -0.2) is 9.38 Å². The number of guanidine groups is 1. The maximum atomic E-state index is 13.8. The number of nitrogens with zero attached hydrogens (tertiary/aromatic N) is 3. The van der Waals surface area contributed by atoms with Crippen LogP contribution in [0.3, 0.4) is 0 Å². The van der Waals surface area contributed by atoms with Crippen molar-refractivity contribution in [2.24, 2.45) is 10.9 Å². The molecule has 0 radical (unpaired) electrons. The molecule has 1 aromatic heterocycles. The first-order valence-electron chi connectivity index (χ1n) is 10.5. The van der Waals surface area contributed by atoms with Crippen LogP contribution in [0.4, 0.5) is 10.1 Å². The molecule has 2 aromatic rings. The molecule has 2 unspecified atom stereocenters. The third-order valence-electron chi connectivity index (χ3n) is 5.60. The maximum absolute atomic E-state index is 13.8. The van der Waals surface area contributed by atoms with Gasteiger partial charge in [-0.2, -0.15) is 0 Å². The minimum Gasteiger partial charge on any atom is -0.506 e. The zero-order valence-corrected chi connectivity index (χ0v) is 17.3. The number of hydrogen-bond acceptors (Lipinski definition) is 3. The fourth-order valence-corrected chi connectivity index (χ4v) is 3.78. The topological polar surface area (TPSA) is 60.8 Å². The van der Waals surface area contributed by atoms with Crippen LogP contribution in [0, 0.1) is 11.7 Å². The summed E-state index contributed by atoms with van der Waals surface area (Å²) in [5.74, 6) is 0.808. The first kappa shape index (κ1) is 21.1. The Morgan fingerprint density at radius 2 is 2.10 bits per heavy atom. The lowest BCUT2D eigenvalue weighted by Crippen LogP contribution is -2.39. The minimum absolute atomic E-state index is 0.0107. The standard InChI is InChI=1S/C23H31FN4O/c1-3-28(15-13-19-9-6-7-14-25-19)23(26-20-10-5-4-8-17(20)2)27-21-16-18(24)11-12-22(21)29/h6-7,9,11-12,14,16-17,20,29H,3-5,8,10,13,15H2,1-2H3,(H,26,27). The second-order valence-electron chi connectivity index (χ2n) is 7.72. The van der Waals surface area contributed by atoms with Crippen molar-refractivity contribution in [2.75, 3.05) is 18.4 Å². The van der Waals surface area contributed by atoms with Crippen molar-refractivity contribution >= 4 is 11.6 Å². The highest BCUT2D eigenvalue weighted by Crippen LogP contribution is 2.28. The van der Waals surface area contributed by atoms with Gasteiger partial charge in [-0.05, 0) is 49.9 Å². The average molecular weight is 399 g/mol. The molecule has 156 valence electrons. The highest BCUT2D eigenvalue weighted by molar-refractivity contribution is 5.95. The summed E-state index contributed by atoms with van der Waals surface area (Å²) in [5, 5.41) is 13.4. The first-order valence-corrected chi connectivity index (χ1v) is 10.5. The molecule has 1 saturated carbocycles. The number of phenolic OH excluding ortho intramolecular Hbond substituents is 1. The van der Waals surface area contributed by atoms with Crippen LogP contribution < -0.4 is 5.32 Å². The van der Waals surface area contributed by atoms with E-state index in [4.69, 9.17) is 4.99 Å². The summed E-state index contributed by atoms with van der Waals surface area (Å²) in [6.45, 7) is 5.80. The molecular weight excluding hydrogens is 367 g/mol. The molecule has 0 aliphatic heterocycles. The Hall–Kier alpha value is -2.63. The zero-order valence-electron chi connectivity index (χ0n) is 17.3. The Morgan fingerprint density at radius 1 is 1.28 bits per heavy atom. The van der Waals surface area contributed by atoms with E-state index in [0.717, 1.165) is 31.6 Å². The SMILES string of the molecule is CCN(CCc1ccccn1)C(=NC1CCCCC1C)Nc1cc(F)ccc1O. The van der Waals surface area contributed by atoms with E-state index in [0.29, 0.717) is 17.6 Å². The van der Waals surface area contributed by atoms with Gasteiger partial charge in [-0.15, -0.1) is 0 Å². The monoisotopic (exact) mass is 398 g/mol. The molecule has 1 heterocycles. The number of aromatic hydroxyl groups is 1. The van der Waals surface area contributed by atoms with Crippen molar-refractivity contribution in [2.45, 2.75) is 52.0 Å². The van der Waals surface area contributed by atoms with Gasteiger partial charge < -0.3 is 15.3 Å². The van der Waals surface area contributed by atoms with Crippen LogP contribution in [0.2, 0.25) is 0 Å². The van der Waals surface area contributed by atoms with E-state index in [1.807, 2.05) is 18.2 Å². The lowest BCUT2D eigenvalue weighted by Gasteiger charge is -2.30. The molecule has 0 amide bonds. The second-order valence-corrected chi connectivity index (χ2v) is 7.72. The maximum Gasteiger partial charge on any atom is 0.198 e. The number of nitrogens with one attached hydrogen (secondary N) is 1. The summed E-state index contributed by atoms with van der Waals surface area (Å²) in [5.41, 5.74) is 1.36. The lowest BCUT2D eigenvalue weighted by atomic mass is 9.86. The van der Waals surface area contributed by atoms with Crippen LogP contribution in [0.5, 0.6) is 5.75 Å². The van der Waals surface area contributed by atoms with E-state index >= 15 is 0 Å². The van der Waals surface area contributed by atoms with Crippen LogP contribution in [0.1, 0.15) is 45.2 Å². The quantitative estimate of drug-likeness (QED) is 0.415. The first-order chi connectivity index (χ1) is 14.1. The molecule has 1 aromatic carbocycles. The largest absolute Gasteiger partial charge is 0.506 e. The fraction of sp³-hybridized carbons (Fsp3) is 0.478. The number of rotatable bonds is 6. The smallest absolute Gasteiger partial charge is 0.198 e. The molecule has 6 heteroatoms. The molecular formula is C23H31FN4O. The van der Waals surface area contributed by atoms with Gasteiger partial charge in [0, 0.05) is 37.5 Å². The van der Waals surface area contributed by atoms with Gasteiger partial charge in [0.25, 0.3) is 0 Å². The number of aromatic nitrogens is 1. The van der Waals surface area contributed by atoms with Gasteiger partial charge >= 0.3 is 0 Å². The molecule has 1 aliphatic carbocycles. The van der Waals surface area contributed by atoms with E-state index in [9.17, 15) is 9.50 Å². The third-order valence-corrected chi connectivity index (χ3v) is 5.60. The summed E-state index contributed by atoms with van der Waals surface area (Å²) in [7, 11) is 0. The normalized spacial score (nSPS) is 19.8. The van der Waals surface area contributed by atoms with Crippen LogP contribution in [0.25, 0.3) is 0 Å². The number of hydrogen-bond donors (Lipinski definition) is 2. The number of halogens is 1. The summed E-state index contributed by atoms with van der Waals surface area (Å²) >= 11 is 0. The van der Waals surface area contributed by atoms with Crippen LogP contribution in [-0.2, 0) is 6.42 Å². The highest BCUT2D eigenvalue weighted by Gasteiger charge is 2.23. The summed E-state index contributed by atoms with van der Waals surface area (Å²) in [4.78, 5) is 11.6. The third kappa shape index (κ3) is 5.92. The number of anilines is 1. The number of pyridine rings is 1. The van der Waals surface area contributed by atoms with Gasteiger partial charge in [0.15, 0.2) is 5.96 Å². The Labute approximate surface area is 172 Å². The van der Waals surface area contributed by atoms with Crippen molar-refractivity contribution < 1.29 is 9.50 Å². The number of benzene rings is 1. The number of likely N-dealkylation sites (N-methyl/N-ethyl adjacent to an activating group) is 1. The van der Waals surface area contributed by atoms with E-state index in [1.165, 1.54) is 37.5 Å². The van der Waals surface area contributed by atoms with E-state index in [2.05, 4.69) is 29.0 Å². The molecule has 2 N–H and O–H groups in total. The predicted octanol–water partition coefficient (Wildman–Crippen LogP) is 4.84. The summed E-state index contributed by atoms with van der Waals surface area (Å²) in [6, 6.07) is 10.1. The van der Waals surface area contributed by atoms with Gasteiger partial charge in [0.2, 0.25) is 0 Å². The lowest BCUT2D eigenvalue weighted by molar-refractivity contribution is 0.327. The molecule has 0 spiro atoms. The molecule has 0 bridgehead atoms. The van der Waals surface area contributed by atoms with Gasteiger partial charge in [0.1, 0.15) is 11.6 Å². The molecule has 5 nitrogen and oxygen atoms in total. The second kappa shape index (κ2) is 10.2. The highest BCUT2D eigenvalue weighted by atomic mass is 19.1. The molecule has 0 saturated heterocycles. The zero-order chi connectivity index (χ0) is 20.6. The number of aliphatic imine (C=N–C) groups is 1. The van der Waals surface area contributed by atoms with Gasteiger partial charge in [-0.1, -0.05) is 25.8 Å². The van der Waals surface area contributed by atoms with Gasteiger partial charge in [-0.3, -0.25) is 4.98 Å². The average Bonchev–Trinajstić information content (AvgIpc) is 2.73. The molecule has 1 fully saturated rings. The molecule has 1 aliphatic rings. The van der Waals surface area contributed by atoms with Crippen molar-refractivity contribution in [3.8, 4) is 5.75 Å². The van der Waals surface area contributed by atoms with E-state index in [1.54, 1.807) is 6.20 Å². The van der Waals surface area contributed by atoms with Gasteiger partial charge in [0.05, 0.1) is 11.7 Å². The van der Waals surface area contributed by atoms with Crippen LogP contribution >= 0.6 is 0 Å². The Kier molecular flexibility index (Phi) is 7.44. The van der Waals surface area contributed by atoms with Crippen molar-refractivity contribution in [1.29, 1.82) is 0 Å². The van der Waals surface area contributed by atoms with Crippen molar-refractivity contribution in [3.63, 3.8) is 0 Å². The van der Waals surface area contributed by atoms with Crippen molar-refractivity contribution in [1.82, 2.24) is 9.88 Å². The van der Waals surface area contributed by atoms with E-state index < -0.39 is 5.82 Å². The Balaban J connectivity index is 1.84. The van der Waals surface area contributed by atoms with Crippen LogP contribution in [-0.4, -0.2) is 40.1 Å². The van der Waals surface area contributed by atoms with Crippen LogP contribution in [0.15, 0.2) is 47.6 Å². The number of phenols is 1.